The van der Waals surface area contributed by atoms with Crippen molar-refractivity contribution in [2.45, 2.75) is 108 Å². The van der Waals surface area contributed by atoms with Gasteiger partial charge in [0.15, 0.2) is 0 Å². The van der Waals surface area contributed by atoms with Gasteiger partial charge in [0.05, 0.1) is 55.3 Å². The Labute approximate surface area is 370 Å². The lowest BCUT2D eigenvalue weighted by Gasteiger charge is -2.36. The molecule has 2 aromatic heterocycles. The fraction of sp³-hybridized carbons (Fsp3) is 0.489. The van der Waals surface area contributed by atoms with E-state index in [1.807, 2.05) is 31.0 Å². The van der Waals surface area contributed by atoms with Gasteiger partial charge in [-0.25, -0.2) is 19.6 Å². The van der Waals surface area contributed by atoms with Crippen LogP contribution in [0.2, 0.25) is 0 Å². The molecule has 4 aliphatic heterocycles. The molecule has 0 aliphatic carbocycles. The number of benzene rings is 3. The van der Waals surface area contributed by atoms with Gasteiger partial charge in [-0.15, -0.1) is 0 Å². The molecule has 0 spiro atoms. The topological polar surface area (TPSA) is 202 Å². The minimum absolute atomic E-state index is 0.0326. The van der Waals surface area contributed by atoms with Crippen molar-refractivity contribution < 1.29 is 42.9 Å². The maximum Gasteiger partial charge on any atom is 0.407 e. The number of aromatic nitrogens is 4. The Balaban J connectivity index is 0.960. The van der Waals surface area contributed by atoms with Gasteiger partial charge < -0.3 is 54.1 Å². The van der Waals surface area contributed by atoms with Crippen LogP contribution >= 0.6 is 0 Å². The number of hydrogen-bond donors (Lipinski definition) is 4. The highest BCUT2D eigenvalue weighted by Crippen LogP contribution is 2.44. The summed E-state index contributed by atoms with van der Waals surface area (Å²) in [6.45, 7) is 7.25. The van der Waals surface area contributed by atoms with E-state index in [9.17, 15) is 19.2 Å². The number of aromatic amines is 2. The van der Waals surface area contributed by atoms with Gasteiger partial charge in [-0.3, -0.25) is 9.59 Å². The summed E-state index contributed by atoms with van der Waals surface area (Å²) in [5, 5.41) is 7.43. The van der Waals surface area contributed by atoms with Crippen LogP contribution in [0.1, 0.15) is 88.6 Å². The smallest absolute Gasteiger partial charge is 0.407 e. The van der Waals surface area contributed by atoms with E-state index in [1.54, 1.807) is 11.8 Å². The predicted molar refractivity (Wildman–Crippen MR) is 236 cm³/mol. The van der Waals surface area contributed by atoms with Crippen LogP contribution in [-0.4, -0.2) is 119 Å². The van der Waals surface area contributed by atoms with Gasteiger partial charge in [0.2, 0.25) is 11.8 Å². The maximum absolute atomic E-state index is 14.3. The molecule has 17 heteroatoms. The van der Waals surface area contributed by atoms with E-state index in [2.05, 4.69) is 57.0 Å². The van der Waals surface area contributed by atoms with Gasteiger partial charge in [-0.05, 0) is 112 Å². The van der Waals surface area contributed by atoms with Crippen LogP contribution < -0.4 is 15.4 Å². The van der Waals surface area contributed by atoms with Gasteiger partial charge in [-0.2, -0.15) is 0 Å². The third-order valence-corrected chi connectivity index (χ3v) is 13.8. The number of rotatable bonds is 10. The first kappa shape index (κ1) is 43.1. The van der Waals surface area contributed by atoms with Crippen molar-refractivity contribution in [1.82, 2.24) is 40.4 Å². The van der Waals surface area contributed by atoms with E-state index in [-0.39, 0.29) is 41.9 Å². The monoisotopic (exact) mass is 876 g/mol. The van der Waals surface area contributed by atoms with Crippen LogP contribution in [-0.2, 0) is 35.1 Å². The average Bonchev–Trinajstić information content (AvgIpc) is 4.14. The van der Waals surface area contributed by atoms with E-state index in [4.69, 9.17) is 33.7 Å². The molecular weight excluding hydrogens is 821 g/mol. The first-order chi connectivity index (χ1) is 31.0. The molecule has 64 heavy (non-hydrogen) atoms. The second kappa shape index (κ2) is 17.8. The quantitative estimate of drug-likeness (QED) is 0.117. The fourth-order valence-electron chi connectivity index (χ4n) is 10.2. The number of amides is 4. The number of hydrogen-bond acceptors (Lipinski definition) is 11. The number of carbonyl (C=O) groups excluding carboxylic acids is 4. The Morgan fingerprint density at radius 2 is 1.50 bits per heavy atom. The summed E-state index contributed by atoms with van der Waals surface area (Å²) in [6, 6.07) is 12.2. The van der Waals surface area contributed by atoms with Crippen LogP contribution in [0, 0.1) is 5.92 Å². The van der Waals surface area contributed by atoms with Crippen LogP contribution in [0.15, 0.2) is 48.7 Å². The summed E-state index contributed by atoms with van der Waals surface area (Å²) in [4.78, 5) is 73.6. The number of H-pyrrole nitrogens is 2. The molecular formula is C47H56N8O9. The summed E-state index contributed by atoms with van der Waals surface area (Å²) >= 11 is 0. The molecule has 4 N–H and O–H groups in total. The molecule has 0 radical (unpaired) electrons. The highest BCUT2D eigenvalue weighted by atomic mass is 16.5. The molecule has 3 fully saturated rings. The molecule has 5 aromatic rings. The molecule has 17 nitrogen and oxygen atoms in total. The normalized spacial score (nSPS) is 22.3. The number of nitrogens with one attached hydrogen (secondary N) is 4. The third-order valence-electron chi connectivity index (χ3n) is 13.8. The largest absolute Gasteiger partial charge is 0.488 e. The van der Waals surface area contributed by atoms with E-state index >= 15 is 0 Å². The Kier molecular flexibility index (Phi) is 11.9. The molecule has 9 rings (SSSR count). The second-order valence-electron chi connectivity index (χ2n) is 17.5. The summed E-state index contributed by atoms with van der Waals surface area (Å²) in [6.07, 6.45) is 4.30. The summed E-state index contributed by atoms with van der Waals surface area (Å²) in [7, 11) is 4.08. The van der Waals surface area contributed by atoms with Crippen LogP contribution in [0.3, 0.4) is 0 Å². The summed E-state index contributed by atoms with van der Waals surface area (Å²) in [5.41, 5.74) is 6.50. The Hall–Kier alpha value is -6.20. The summed E-state index contributed by atoms with van der Waals surface area (Å²) < 4.78 is 27.2. The number of fused-ring (bicyclic) bond motifs is 6. The van der Waals surface area contributed by atoms with Gasteiger partial charge in [0.1, 0.15) is 36.1 Å². The molecule has 338 valence electrons. The van der Waals surface area contributed by atoms with Gasteiger partial charge in [0.25, 0.3) is 0 Å². The molecule has 0 bridgehead atoms. The lowest BCUT2D eigenvalue weighted by Crippen LogP contribution is -2.55. The molecule has 4 aliphatic rings. The molecule has 1 unspecified atom stereocenters. The number of nitrogens with zero attached hydrogens (tertiary/aromatic N) is 4. The van der Waals surface area contributed by atoms with E-state index in [0.717, 1.165) is 74.8 Å². The van der Waals surface area contributed by atoms with E-state index in [1.165, 1.54) is 21.3 Å². The minimum Gasteiger partial charge on any atom is -0.488 e. The lowest BCUT2D eigenvalue weighted by atomic mass is 9.90. The Morgan fingerprint density at radius 3 is 2.22 bits per heavy atom. The number of imidazole rings is 2. The number of carbonyl (C=O) groups is 4. The van der Waals surface area contributed by atoms with Crippen molar-refractivity contribution in [3.63, 3.8) is 0 Å². The number of likely N-dealkylation sites (tertiary alicyclic amines) is 2. The predicted octanol–water partition coefficient (Wildman–Crippen LogP) is 6.68. The van der Waals surface area contributed by atoms with Crippen molar-refractivity contribution in [2.24, 2.45) is 5.92 Å². The molecule has 3 aromatic carbocycles. The van der Waals surface area contributed by atoms with Crippen molar-refractivity contribution >= 4 is 45.8 Å². The standard InChI is InChI=1S/C47H56N8O9/c1-24-7-13-36(54(24)45(57)40(53-47(59)62-6)27-15-17-63-18-16-27)42-48-22-35(50-42)29-9-11-31-30(19-29)23-64-38-21-32-28(20-33(31)38)10-12-34-41(32)51-43(49-34)37-14-8-25(2)55(37)44(56)39(26(3)60-4)52-46(58)61-5/h9-12,19-22,24-27,36-37,39-40H,7-8,13-18,23H2,1-6H3,(H,48,50)(H,49,51)(H,52,58)(H,53,59)/t24-,25-,26+,36-,37-,39-,40?/m0/s1. The SMILES string of the molecule is COC(=O)NC(C(=O)N1[C@@H](C)CC[C@H]1c1ncc(-c2ccc3c(c2)COc2cc4c(ccc5[nH]c([C@@H]6CC[C@H](C)N6C(=O)[C@@H](NC(=O)OC)[C@@H](C)OC)nc54)cc2-3)[nH]1)C1CCOCC1. The van der Waals surface area contributed by atoms with Crippen LogP contribution in [0.25, 0.3) is 44.2 Å². The number of methoxy groups -OCH3 is 3. The molecule has 0 saturated carbocycles. The molecule has 6 heterocycles. The number of ether oxygens (including phenoxy) is 5. The fourth-order valence-corrected chi connectivity index (χ4v) is 10.2. The van der Waals surface area contributed by atoms with Crippen molar-refractivity contribution in [2.75, 3.05) is 34.5 Å². The van der Waals surface area contributed by atoms with Crippen LogP contribution in [0.4, 0.5) is 9.59 Å². The van der Waals surface area contributed by atoms with E-state index in [0.29, 0.717) is 50.7 Å². The zero-order chi connectivity index (χ0) is 44.8. The third kappa shape index (κ3) is 7.88. The van der Waals surface area contributed by atoms with Crippen molar-refractivity contribution in [3.05, 3.63) is 65.9 Å². The first-order valence-electron chi connectivity index (χ1n) is 22.2. The van der Waals surface area contributed by atoms with Crippen LogP contribution in [0.5, 0.6) is 5.75 Å². The maximum atomic E-state index is 14.3. The van der Waals surface area contributed by atoms with Gasteiger partial charge in [-0.1, -0.05) is 18.2 Å². The Morgan fingerprint density at radius 1 is 0.797 bits per heavy atom. The molecule has 7 atom stereocenters. The van der Waals surface area contributed by atoms with Crippen molar-refractivity contribution in [1.29, 1.82) is 0 Å². The van der Waals surface area contributed by atoms with Crippen molar-refractivity contribution in [3.8, 4) is 28.1 Å². The zero-order valence-corrected chi connectivity index (χ0v) is 37.1. The average molecular weight is 877 g/mol. The second-order valence-corrected chi connectivity index (χ2v) is 17.5. The van der Waals surface area contributed by atoms with Gasteiger partial charge >= 0.3 is 12.2 Å². The highest BCUT2D eigenvalue weighted by molar-refractivity contribution is 6.07. The molecule has 4 amide bonds. The van der Waals surface area contributed by atoms with E-state index < -0.39 is 30.4 Å². The zero-order valence-electron chi connectivity index (χ0n) is 37.1. The Bertz CT molecular complexity index is 2590. The first-order valence-corrected chi connectivity index (χ1v) is 22.2. The van der Waals surface area contributed by atoms with Gasteiger partial charge in [0, 0.05) is 43.4 Å². The lowest BCUT2D eigenvalue weighted by molar-refractivity contribution is -0.140. The number of alkyl carbamates (subject to hydrolysis) is 2. The molecule has 3 saturated heterocycles. The highest BCUT2D eigenvalue weighted by Gasteiger charge is 2.44. The minimum atomic E-state index is -0.936. The summed E-state index contributed by atoms with van der Waals surface area (Å²) in [5.74, 6) is 1.70.